The van der Waals surface area contributed by atoms with Crippen LogP contribution in [0.4, 0.5) is 5.69 Å². The molecule has 1 aromatic carbocycles. The van der Waals surface area contributed by atoms with Crippen molar-refractivity contribution in [1.82, 2.24) is 15.2 Å². The van der Waals surface area contributed by atoms with Crippen molar-refractivity contribution in [3.63, 3.8) is 0 Å². The van der Waals surface area contributed by atoms with E-state index in [4.69, 9.17) is 32.7 Å². The van der Waals surface area contributed by atoms with Crippen molar-refractivity contribution in [2.45, 2.75) is 38.3 Å². The van der Waals surface area contributed by atoms with Crippen molar-refractivity contribution >= 4 is 46.1 Å². The van der Waals surface area contributed by atoms with Crippen LogP contribution in [0.5, 0.6) is 5.75 Å². The molecule has 1 saturated heterocycles. The van der Waals surface area contributed by atoms with Crippen LogP contribution < -0.4 is 15.4 Å². The maximum absolute atomic E-state index is 13.1. The second-order valence-corrected chi connectivity index (χ2v) is 10.2. The Morgan fingerprint density at radius 2 is 2.19 bits per heavy atom. The lowest BCUT2D eigenvalue weighted by Gasteiger charge is -2.32. The number of amides is 1. The van der Waals surface area contributed by atoms with Crippen LogP contribution in [0.2, 0.25) is 9.49 Å². The smallest absolute Gasteiger partial charge is 0.255 e. The molecule has 2 N–H and O–H groups in total. The summed E-state index contributed by atoms with van der Waals surface area (Å²) in [5, 5.41) is 7.08. The van der Waals surface area contributed by atoms with Crippen LogP contribution in [0, 0.1) is 0 Å². The van der Waals surface area contributed by atoms with Gasteiger partial charge in [-0.2, -0.15) is 0 Å². The van der Waals surface area contributed by atoms with E-state index in [2.05, 4.69) is 20.5 Å². The summed E-state index contributed by atoms with van der Waals surface area (Å²) in [6.45, 7) is 4.88. The van der Waals surface area contributed by atoms with E-state index < -0.39 is 0 Å². The molecule has 0 bridgehead atoms. The molecule has 1 aromatic heterocycles. The number of nitrogens with zero attached hydrogens (tertiary/aromatic N) is 2. The number of hydrogen-bond acceptors (Lipinski definition) is 7. The van der Waals surface area contributed by atoms with Gasteiger partial charge in [0.05, 0.1) is 29.4 Å². The van der Waals surface area contributed by atoms with Crippen LogP contribution in [0.3, 0.4) is 0 Å². The molecule has 3 heterocycles. The third-order valence-corrected chi connectivity index (χ3v) is 7.30. The number of fused-ring (bicyclic) bond motifs is 1. The summed E-state index contributed by atoms with van der Waals surface area (Å²) in [6.07, 6.45) is 5.36. The van der Waals surface area contributed by atoms with Crippen LogP contribution in [0.15, 0.2) is 12.3 Å². The van der Waals surface area contributed by atoms with Gasteiger partial charge in [0.1, 0.15) is 5.75 Å². The summed E-state index contributed by atoms with van der Waals surface area (Å²) >= 11 is 13.9. The summed E-state index contributed by atoms with van der Waals surface area (Å²) in [7, 11) is 1.73. The number of likely N-dealkylation sites (tertiary alicyclic amines) is 1. The van der Waals surface area contributed by atoms with Gasteiger partial charge < -0.3 is 25.0 Å². The molecule has 174 valence electrons. The first kappa shape index (κ1) is 23.6. The molecule has 0 saturated carbocycles. The summed E-state index contributed by atoms with van der Waals surface area (Å²) in [5.41, 5.74) is 2.27. The molecular formula is C22H28Cl2N4O3S. The van der Waals surface area contributed by atoms with Gasteiger partial charge in [0, 0.05) is 62.5 Å². The molecule has 0 unspecified atom stereocenters. The van der Waals surface area contributed by atoms with Crippen LogP contribution in [-0.4, -0.2) is 61.8 Å². The molecule has 0 spiro atoms. The van der Waals surface area contributed by atoms with E-state index >= 15 is 0 Å². The highest BCUT2D eigenvalue weighted by molar-refractivity contribution is 7.15. The van der Waals surface area contributed by atoms with Gasteiger partial charge in [0.2, 0.25) is 0 Å². The van der Waals surface area contributed by atoms with Crippen LogP contribution in [-0.2, 0) is 17.7 Å². The molecule has 2 aliphatic heterocycles. The Morgan fingerprint density at radius 1 is 1.38 bits per heavy atom. The summed E-state index contributed by atoms with van der Waals surface area (Å²) in [6, 6.07) is 1.87. The minimum Gasteiger partial charge on any atom is -0.492 e. The van der Waals surface area contributed by atoms with E-state index in [1.54, 1.807) is 19.4 Å². The maximum Gasteiger partial charge on any atom is 0.255 e. The highest BCUT2D eigenvalue weighted by Gasteiger charge is 2.28. The molecule has 1 amide bonds. The number of ether oxygens (including phenoxy) is 2. The third kappa shape index (κ3) is 5.66. The summed E-state index contributed by atoms with van der Waals surface area (Å²) in [4.78, 5) is 20.6. The van der Waals surface area contributed by atoms with Gasteiger partial charge in [0.15, 0.2) is 4.47 Å². The van der Waals surface area contributed by atoms with E-state index in [0.29, 0.717) is 40.4 Å². The molecule has 0 aliphatic carbocycles. The van der Waals surface area contributed by atoms with Gasteiger partial charge in [-0.25, -0.2) is 4.98 Å². The largest absolute Gasteiger partial charge is 0.492 e. The molecule has 10 heteroatoms. The highest BCUT2D eigenvalue weighted by atomic mass is 35.5. The zero-order valence-corrected chi connectivity index (χ0v) is 20.4. The van der Waals surface area contributed by atoms with Crippen molar-refractivity contribution in [2.24, 2.45) is 0 Å². The Bertz CT molecular complexity index is 947. The molecule has 2 aromatic rings. The fraction of sp³-hybridized carbons (Fsp3) is 0.545. The van der Waals surface area contributed by atoms with Gasteiger partial charge in [-0.1, -0.05) is 23.2 Å². The number of benzene rings is 1. The second kappa shape index (κ2) is 11.0. The number of nitrogens with one attached hydrogen (secondary N) is 2. The predicted molar refractivity (Wildman–Crippen MR) is 129 cm³/mol. The summed E-state index contributed by atoms with van der Waals surface area (Å²) in [5.74, 6) is 0.511. The van der Waals surface area contributed by atoms with E-state index in [9.17, 15) is 4.79 Å². The Balaban J connectivity index is 1.39. The number of piperidine rings is 1. The zero-order valence-electron chi connectivity index (χ0n) is 18.1. The van der Waals surface area contributed by atoms with Gasteiger partial charge in [-0.3, -0.25) is 4.79 Å². The van der Waals surface area contributed by atoms with Crippen molar-refractivity contribution in [2.75, 3.05) is 45.3 Å². The van der Waals surface area contributed by atoms with E-state index in [-0.39, 0.29) is 11.9 Å². The van der Waals surface area contributed by atoms with Gasteiger partial charge >= 0.3 is 0 Å². The Kier molecular flexibility index (Phi) is 8.12. The fourth-order valence-corrected chi connectivity index (χ4v) is 5.45. The minimum atomic E-state index is -0.122. The van der Waals surface area contributed by atoms with Gasteiger partial charge in [-0.05, 0) is 25.3 Å². The number of aromatic nitrogens is 1. The molecule has 0 radical (unpaired) electrons. The van der Waals surface area contributed by atoms with Crippen LogP contribution >= 0.6 is 34.5 Å². The average molecular weight is 499 g/mol. The van der Waals surface area contributed by atoms with Crippen LogP contribution in [0.25, 0.3) is 0 Å². The maximum atomic E-state index is 13.1. The number of methoxy groups -OCH3 is 1. The number of carbonyl (C=O) groups excluding carboxylic acids is 1. The molecule has 0 atom stereocenters. The van der Waals surface area contributed by atoms with E-state index in [0.717, 1.165) is 61.6 Å². The number of halogens is 2. The van der Waals surface area contributed by atoms with Crippen LogP contribution in [0.1, 0.15) is 40.1 Å². The predicted octanol–water partition coefficient (Wildman–Crippen LogP) is 4.23. The molecule has 32 heavy (non-hydrogen) atoms. The normalized spacial score (nSPS) is 16.6. The van der Waals surface area contributed by atoms with Crippen molar-refractivity contribution in [1.29, 1.82) is 0 Å². The Morgan fingerprint density at radius 3 is 2.91 bits per heavy atom. The Labute approximate surface area is 202 Å². The molecule has 1 fully saturated rings. The first-order chi connectivity index (χ1) is 15.5. The molecule has 2 aliphatic rings. The number of thiazole rings is 1. The van der Waals surface area contributed by atoms with Crippen molar-refractivity contribution < 1.29 is 14.3 Å². The molecule has 4 rings (SSSR count). The zero-order chi connectivity index (χ0) is 22.5. The second-order valence-electron chi connectivity index (χ2n) is 8.06. The number of carbonyl (C=O) groups is 1. The highest BCUT2D eigenvalue weighted by Crippen LogP contribution is 2.41. The van der Waals surface area contributed by atoms with Crippen molar-refractivity contribution in [3.8, 4) is 5.75 Å². The first-order valence-electron chi connectivity index (χ1n) is 10.9. The first-order valence-corrected chi connectivity index (χ1v) is 12.5. The standard InChI is InChI=1S/C22H28Cl2N4O3S/c1-30-9-2-6-28-7-3-14(4-8-28)27-21(29)17-11-18(23)19(16-5-10-31-20(16)17)25-12-15-13-26-22(24)32-15/h11,13-14,25H,2-10,12H2,1H3,(H,27,29). The summed E-state index contributed by atoms with van der Waals surface area (Å²) < 4.78 is 11.5. The number of rotatable bonds is 9. The molecule has 7 nitrogen and oxygen atoms in total. The Hall–Kier alpha value is -1.58. The number of hydrogen-bond donors (Lipinski definition) is 2. The lowest BCUT2D eigenvalue weighted by Crippen LogP contribution is -2.45. The fourth-order valence-electron chi connectivity index (χ4n) is 4.24. The van der Waals surface area contributed by atoms with E-state index in [1.165, 1.54) is 11.3 Å². The average Bonchev–Trinajstić information content (AvgIpc) is 3.43. The van der Waals surface area contributed by atoms with Crippen molar-refractivity contribution in [3.05, 3.63) is 37.8 Å². The topological polar surface area (TPSA) is 75.7 Å². The third-order valence-electron chi connectivity index (χ3n) is 5.88. The van der Waals surface area contributed by atoms with E-state index in [1.807, 2.05) is 0 Å². The molecular weight excluding hydrogens is 471 g/mol. The number of anilines is 1. The lowest BCUT2D eigenvalue weighted by molar-refractivity contribution is 0.0904. The minimum absolute atomic E-state index is 0.122. The van der Waals surface area contributed by atoms with Gasteiger partial charge in [-0.15, -0.1) is 11.3 Å². The monoisotopic (exact) mass is 498 g/mol. The lowest BCUT2D eigenvalue weighted by atomic mass is 10.0. The SMILES string of the molecule is COCCCN1CCC(NC(=O)c2cc(Cl)c(NCc3cnc(Cl)s3)c3c2OCC3)CC1. The van der Waals surface area contributed by atoms with Gasteiger partial charge in [0.25, 0.3) is 5.91 Å². The quantitative estimate of drug-likeness (QED) is 0.503.